The number of hydrogen-bond donors (Lipinski definition) is 3. The van der Waals surface area contributed by atoms with Crippen LogP contribution in [0.25, 0.3) is 0 Å². The minimum atomic E-state index is -0.492. The van der Waals surface area contributed by atoms with E-state index in [9.17, 15) is 9.18 Å². The highest BCUT2D eigenvalue weighted by Crippen LogP contribution is 2.20. The molecule has 0 aromatic heterocycles. The molecule has 0 spiro atoms. The Morgan fingerprint density at radius 3 is 2.71 bits per heavy atom. The van der Waals surface area contributed by atoms with Crippen molar-refractivity contribution in [3.63, 3.8) is 0 Å². The topological polar surface area (TPSA) is 81.1 Å². The van der Waals surface area contributed by atoms with Gasteiger partial charge in [0.05, 0.1) is 5.56 Å². The lowest BCUT2D eigenvalue weighted by Crippen LogP contribution is -2.25. The summed E-state index contributed by atoms with van der Waals surface area (Å²) >= 11 is 4.78. The molecule has 92 valence electrons. The quantitative estimate of drug-likeness (QED) is 0.689. The SMILES string of the molecule is CC(CC(N)=O)Nc1cccc(F)c1C(N)=S. The largest absolute Gasteiger partial charge is 0.389 e. The van der Waals surface area contributed by atoms with Crippen LogP contribution in [-0.2, 0) is 4.79 Å². The summed E-state index contributed by atoms with van der Waals surface area (Å²) in [7, 11) is 0. The molecule has 1 atom stereocenters. The van der Waals surface area contributed by atoms with Crippen LogP contribution in [0.15, 0.2) is 18.2 Å². The van der Waals surface area contributed by atoms with Gasteiger partial charge in [-0.2, -0.15) is 0 Å². The minimum absolute atomic E-state index is 0.0307. The van der Waals surface area contributed by atoms with Gasteiger partial charge in [0, 0.05) is 18.2 Å². The second kappa shape index (κ2) is 5.58. The summed E-state index contributed by atoms with van der Waals surface area (Å²) in [5.41, 5.74) is 11.1. The van der Waals surface area contributed by atoms with Crippen LogP contribution in [0.3, 0.4) is 0 Å². The molecule has 0 fully saturated rings. The first-order valence-electron chi connectivity index (χ1n) is 5.05. The number of halogens is 1. The first-order valence-corrected chi connectivity index (χ1v) is 5.45. The fraction of sp³-hybridized carbons (Fsp3) is 0.273. The molecule has 5 N–H and O–H groups in total. The lowest BCUT2D eigenvalue weighted by molar-refractivity contribution is -0.118. The van der Waals surface area contributed by atoms with Crippen molar-refractivity contribution in [2.45, 2.75) is 19.4 Å². The van der Waals surface area contributed by atoms with Crippen LogP contribution < -0.4 is 16.8 Å². The molecule has 0 bridgehead atoms. The standard InChI is InChI=1S/C11H14FN3OS/c1-6(5-9(13)16)15-8-4-2-3-7(12)10(8)11(14)17/h2-4,6,15H,5H2,1H3,(H2,13,16)(H2,14,17). The number of rotatable bonds is 5. The van der Waals surface area contributed by atoms with Crippen LogP contribution in [0.1, 0.15) is 18.9 Å². The molecule has 0 radical (unpaired) electrons. The normalized spacial score (nSPS) is 11.9. The number of nitrogens with one attached hydrogen (secondary N) is 1. The summed E-state index contributed by atoms with van der Waals surface area (Å²) < 4.78 is 13.5. The van der Waals surface area contributed by atoms with E-state index in [0.717, 1.165) is 0 Å². The highest BCUT2D eigenvalue weighted by Gasteiger charge is 2.13. The second-order valence-corrected chi connectivity index (χ2v) is 4.18. The molecule has 0 aliphatic rings. The van der Waals surface area contributed by atoms with Gasteiger partial charge in [0.2, 0.25) is 5.91 Å². The van der Waals surface area contributed by atoms with Gasteiger partial charge in [0.15, 0.2) is 0 Å². The van der Waals surface area contributed by atoms with Crippen LogP contribution in [0.2, 0.25) is 0 Å². The average molecular weight is 255 g/mol. The Labute approximate surface area is 104 Å². The van der Waals surface area contributed by atoms with Gasteiger partial charge < -0.3 is 16.8 Å². The minimum Gasteiger partial charge on any atom is -0.389 e. The Hall–Kier alpha value is -1.69. The number of carbonyl (C=O) groups is 1. The maximum absolute atomic E-state index is 13.5. The predicted octanol–water partition coefficient (Wildman–Crippen LogP) is 1.14. The smallest absolute Gasteiger partial charge is 0.219 e. The van der Waals surface area contributed by atoms with E-state index in [4.69, 9.17) is 23.7 Å². The van der Waals surface area contributed by atoms with Crippen molar-refractivity contribution in [2.75, 3.05) is 5.32 Å². The third-order valence-corrected chi connectivity index (χ3v) is 2.37. The Bertz CT molecular complexity index is 450. The number of benzene rings is 1. The zero-order valence-corrected chi connectivity index (χ0v) is 10.2. The van der Waals surface area contributed by atoms with Crippen LogP contribution >= 0.6 is 12.2 Å². The van der Waals surface area contributed by atoms with E-state index in [1.807, 2.05) is 0 Å². The summed E-state index contributed by atoms with van der Waals surface area (Å²) in [6.45, 7) is 1.76. The summed E-state index contributed by atoms with van der Waals surface area (Å²) in [5.74, 6) is -0.924. The zero-order chi connectivity index (χ0) is 13.0. The van der Waals surface area contributed by atoms with Gasteiger partial charge in [-0.05, 0) is 19.1 Å². The number of nitrogens with two attached hydrogens (primary N) is 2. The van der Waals surface area contributed by atoms with Crippen molar-refractivity contribution in [3.8, 4) is 0 Å². The maximum atomic E-state index is 13.5. The molecule has 0 heterocycles. The summed E-state index contributed by atoms with van der Waals surface area (Å²) in [6, 6.07) is 4.24. The van der Waals surface area contributed by atoms with Crippen molar-refractivity contribution in [3.05, 3.63) is 29.6 Å². The van der Waals surface area contributed by atoms with E-state index in [1.54, 1.807) is 13.0 Å². The van der Waals surface area contributed by atoms with Gasteiger partial charge in [-0.3, -0.25) is 4.79 Å². The van der Waals surface area contributed by atoms with E-state index >= 15 is 0 Å². The monoisotopic (exact) mass is 255 g/mol. The molecule has 6 heteroatoms. The lowest BCUT2D eigenvalue weighted by atomic mass is 10.1. The molecule has 4 nitrogen and oxygen atoms in total. The van der Waals surface area contributed by atoms with E-state index in [1.165, 1.54) is 12.1 Å². The molecule has 1 rings (SSSR count). The first-order chi connectivity index (χ1) is 7.91. The van der Waals surface area contributed by atoms with Crippen molar-refractivity contribution in [1.82, 2.24) is 0 Å². The van der Waals surface area contributed by atoms with Crippen molar-refractivity contribution in [1.29, 1.82) is 0 Å². The fourth-order valence-electron chi connectivity index (χ4n) is 1.51. The Kier molecular flexibility index (Phi) is 4.39. The molecule has 0 saturated heterocycles. The second-order valence-electron chi connectivity index (χ2n) is 3.74. The lowest BCUT2D eigenvalue weighted by Gasteiger charge is -2.16. The van der Waals surface area contributed by atoms with E-state index in [-0.39, 0.29) is 23.0 Å². The van der Waals surface area contributed by atoms with E-state index in [2.05, 4.69) is 5.32 Å². The van der Waals surface area contributed by atoms with Crippen molar-refractivity contribution >= 4 is 28.8 Å². The van der Waals surface area contributed by atoms with Crippen LogP contribution in [-0.4, -0.2) is 16.9 Å². The summed E-state index contributed by atoms with van der Waals surface area (Å²) in [5, 5.41) is 2.96. The number of primary amides is 1. The molecule has 17 heavy (non-hydrogen) atoms. The molecule has 0 aliphatic carbocycles. The third-order valence-electron chi connectivity index (χ3n) is 2.17. The molecule has 1 aromatic carbocycles. The van der Waals surface area contributed by atoms with E-state index < -0.39 is 11.7 Å². The average Bonchev–Trinajstić information content (AvgIpc) is 2.15. The van der Waals surface area contributed by atoms with Gasteiger partial charge in [-0.15, -0.1) is 0 Å². The first kappa shape index (κ1) is 13.4. The number of amides is 1. The molecular weight excluding hydrogens is 241 g/mol. The van der Waals surface area contributed by atoms with Gasteiger partial charge >= 0.3 is 0 Å². The van der Waals surface area contributed by atoms with Gasteiger partial charge in [0.1, 0.15) is 10.8 Å². The Morgan fingerprint density at radius 2 is 2.18 bits per heavy atom. The van der Waals surface area contributed by atoms with Crippen LogP contribution in [0.4, 0.5) is 10.1 Å². The molecule has 1 unspecified atom stereocenters. The number of carbonyl (C=O) groups excluding carboxylic acids is 1. The fourth-order valence-corrected chi connectivity index (χ4v) is 1.72. The summed E-state index contributed by atoms with van der Waals surface area (Å²) in [4.78, 5) is 10.7. The predicted molar refractivity (Wildman–Crippen MR) is 69.2 cm³/mol. The Balaban J connectivity index is 2.94. The maximum Gasteiger partial charge on any atom is 0.219 e. The van der Waals surface area contributed by atoms with Crippen molar-refractivity contribution in [2.24, 2.45) is 11.5 Å². The number of anilines is 1. The zero-order valence-electron chi connectivity index (χ0n) is 9.37. The van der Waals surface area contributed by atoms with Crippen LogP contribution in [0.5, 0.6) is 0 Å². The van der Waals surface area contributed by atoms with E-state index in [0.29, 0.717) is 5.69 Å². The molecule has 1 amide bonds. The molecule has 1 aromatic rings. The molecule has 0 saturated carbocycles. The van der Waals surface area contributed by atoms with Crippen LogP contribution in [0, 0.1) is 5.82 Å². The van der Waals surface area contributed by atoms with Gasteiger partial charge in [0.25, 0.3) is 0 Å². The third kappa shape index (κ3) is 3.67. The number of thiocarbonyl (C=S) groups is 1. The highest BCUT2D eigenvalue weighted by molar-refractivity contribution is 7.80. The molecule has 0 aliphatic heterocycles. The van der Waals surface area contributed by atoms with Gasteiger partial charge in [-0.1, -0.05) is 18.3 Å². The molecular formula is C11H14FN3OS. The summed E-state index contributed by atoms with van der Waals surface area (Å²) in [6.07, 6.45) is 0.146. The van der Waals surface area contributed by atoms with Crippen molar-refractivity contribution < 1.29 is 9.18 Å². The van der Waals surface area contributed by atoms with Gasteiger partial charge in [-0.25, -0.2) is 4.39 Å². The highest BCUT2D eigenvalue weighted by atomic mass is 32.1. The Morgan fingerprint density at radius 1 is 1.53 bits per heavy atom. The number of hydrogen-bond acceptors (Lipinski definition) is 3.